The highest BCUT2D eigenvalue weighted by molar-refractivity contribution is 9.10. The standard InChI is InChI=1S/C35H26BrClN2O4/c1-41-33-19-24(18-32(37)34(33)43-22-26-7-4-6-25-5-2-3-8-31(25)26)17-27(20-38)35(40)39-29-13-15-30(16-14-29)42-21-23-9-11-28(36)12-10-23/h2-19H,21-22H2,1H3,(H,39,40)/b27-17+. The van der Waals surface area contributed by atoms with Gasteiger partial charge in [0.1, 0.15) is 30.6 Å². The van der Waals surface area contributed by atoms with Crippen LogP contribution >= 0.6 is 27.5 Å². The van der Waals surface area contributed by atoms with Crippen LogP contribution in [0.5, 0.6) is 17.2 Å². The van der Waals surface area contributed by atoms with Crippen LogP contribution in [-0.2, 0) is 18.0 Å². The summed E-state index contributed by atoms with van der Waals surface area (Å²) in [6.07, 6.45) is 1.45. The van der Waals surface area contributed by atoms with Crippen LogP contribution in [0.15, 0.2) is 113 Å². The number of hydrogen-bond donors (Lipinski definition) is 1. The molecule has 6 nitrogen and oxygen atoms in total. The predicted octanol–water partition coefficient (Wildman–Crippen LogP) is 8.97. The SMILES string of the molecule is COc1cc(/C=C(\C#N)C(=O)Nc2ccc(OCc3ccc(Br)cc3)cc2)cc(Cl)c1OCc1cccc2ccccc12. The molecule has 0 unspecified atom stereocenters. The Morgan fingerprint density at radius 1 is 0.930 bits per heavy atom. The van der Waals surface area contributed by atoms with Crippen LogP contribution in [0.3, 0.4) is 0 Å². The van der Waals surface area contributed by atoms with Crippen molar-refractivity contribution in [3.63, 3.8) is 0 Å². The van der Waals surface area contributed by atoms with Crippen molar-refractivity contribution in [3.05, 3.63) is 135 Å². The van der Waals surface area contributed by atoms with Gasteiger partial charge in [-0.05, 0) is 82.1 Å². The van der Waals surface area contributed by atoms with Crippen molar-refractivity contribution in [2.45, 2.75) is 13.2 Å². The van der Waals surface area contributed by atoms with Crippen LogP contribution in [0.1, 0.15) is 16.7 Å². The van der Waals surface area contributed by atoms with Gasteiger partial charge < -0.3 is 19.5 Å². The van der Waals surface area contributed by atoms with E-state index in [1.54, 1.807) is 36.4 Å². The van der Waals surface area contributed by atoms with Crippen molar-refractivity contribution >= 4 is 56.0 Å². The summed E-state index contributed by atoms with van der Waals surface area (Å²) in [6.45, 7) is 0.700. The molecule has 1 N–H and O–H groups in total. The summed E-state index contributed by atoms with van der Waals surface area (Å²) in [6, 6.07) is 34.2. The second-order valence-corrected chi connectivity index (χ2v) is 10.8. The lowest BCUT2D eigenvalue weighted by Crippen LogP contribution is -2.13. The van der Waals surface area contributed by atoms with E-state index in [2.05, 4.69) is 21.2 Å². The predicted molar refractivity (Wildman–Crippen MR) is 173 cm³/mol. The number of methoxy groups -OCH3 is 1. The molecule has 0 saturated carbocycles. The van der Waals surface area contributed by atoms with Gasteiger partial charge in [0.25, 0.3) is 5.91 Å². The van der Waals surface area contributed by atoms with Crippen LogP contribution < -0.4 is 19.5 Å². The number of nitriles is 1. The molecule has 0 aromatic heterocycles. The van der Waals surface area contributed by atoms with Crippen LogP contribution in [0.25, 0.3) is 16.8 Å². The number of nitrogens with one attached hydrogen (secondary N) is 1. The maximum atomic E-state index is 12.9. The van der Waals surface area contributed by atoms with Crippen LogP contribution in [0.2, 0.25) is 5.02 Å². The molecular weight excluding hydrogens is 628 g/mol. The van der Waals surface area contributed by atoms with Crippen molar-refractivity contribution in [1.82, 2.24) is 0 Å². The minimum atomic E-state index is -0.558. The Labute approximate surface area is 263 Å². The minimum absolute atomic E-state index is 0.0990. The highest BCUT2D eigenvalue weighted by atomic mass is 79.9. The molecule has 0 atom stereocenters. The van der Waals surface area contributed by atoms with Gasteiger partial charge in [-0.1, -0.05) is 82.1 Å². The number of anilines is 1. The van der Waals surface area contributed by atoms with E-state index in [0.717, 1.165) is 26.4 Å². The first-order chi connectivity index (χ1) is 20.9. The largest absolute Gasteiger partial charge is 0.493 e. The third-order valence-electron chi connectivity index (χ3n) is 6.61. The van der Waals surface area contributed by atoms with Gasteiger partial charge >= 0.3 is 0 Å². The maximum absolute atomic E-state index is 12.9. The maximum Gasteiger partial charge on any atom is 0.266 e. The fourth-order valence-corrected chi connectivity index (χ4v) is 4.96. The molecule has 0 aliphatic carbocycles. The lowest BCUT2D eigenvalue weighted by Gasteiger charge is -2.14. The Hall–Kier alpha value is -4.77. The van der Waals surface area contributed by atoms with Gasteiger partial charge in [0, 0.05) is 10.2 Å². The summed E-state index contributed by atoms with van der Waals surface area (Å²) in [5.74, 6) is 0.855. The van der Waals surface area contributed by atoms with Gasteiger partial charge in [-0.15, -0.1) is 0 Å². The Morgan fingerprint density at radius 3 is 2.42 bits per heavy atom. The van der Waals surface area contributed by atoms with Gasteiger partial charge in [-0.2, -0.15) is 5.26 Å². The van der Waals surface area contributed by atoms with E-state index in [4.69, 9.17) is 25.8 Å². The van der Waals surface area contributed by atoms with Crippen molar-refractivity contribution < 1.29 is 19.0 Å². The first-order valence-electron chi connectivity index (χ1n) is 13.3. The highest BCUT2D eigenvalue weighted by Gasteiger charge is 2.15. The highest BCUT2D eigenvalue weighted by Crippen LogP contribution is 2.38. The zero-order chi connectivity index (χ0) is 30.2. The molecule has 5 rings (SSSR count). The summed E-state index contributed by atoms with van der Waals surface area (Å²) >= 11 is 10.0. The monoisotopic (exact) mass is 652 g/mol. The Bertz CT molecular complexity index is 1830. The molecule has 0 saturated heterocycles. The average molecular weight is 654 g/mol. The number of halogens is 2. The topological polar surface area (TPSA) is 80.6 Å². The third kappa shape index (κ3) is 7.55. The number of carbonyl (C=O) groups is 1. The molecule has 1 amide bonds. The Kier molecular flexibility index (Phi) is 9.63. The molecule has 0 heterocycles. The lowest BCUT2D eigenvalue weighted by molar-refractivity contribution is -0.112. The number of fused-ring (bicyclic) bond motifs is 1. The van der Waals surface area contributed by atoms with Gasteiger partial charge in [0.15, 0.2) is 11.5 Å². The summed E-state index contributed by atoms with van der Waals surface area (Å²) < 4.78 is 18.5. The smallest absolute Gasteiger partial charge is 0.266 e. The number of nitrogens with zero attached hydrogens (tertiary/aromatic N) is 1. The van der Waals surface area contributed by atoms with Crippen LogP contribution in [0.4, 0.5) is 5.69 Å². The summed E-state index contributed by atoms with van der Waals surface area (Å²) in [7, 11) is 1.51. The van der Waals surface area contributed by atoms with Gasteiger partial charge in [-0.25, -0.2) is 0 Å². The molecular formula is C35H26BrClN2O4. The lowest BCUT2D eigenvalue weighted by atomic mass is 10.1. The molecule has 43 heavy (non-hydrogen) atoms. The van der Waals surface area contributed by atoms with E-state index in [-0.39, 0.29) is 12.2 Å². The molecule has 0 aliphatic rings. The molecule has 0 spiro atoms. The first kappa shape index (κ1) is 29.7. The normalized spacial score (nSPS) is 11.1. The number of benzene rings is 5. The van der Waals surface area contributed by atoms with E-state index >= 15 is 0 Å². The van der Waals surface area contributed by atoms with E-state index in [0.29, 0.717) is 40.1 Å². The summed E-state index contributed by atoms with van der Waals surface area (Å²) in [4.78, 5) is 12.9. The fourth-order valence-electron chi connectivity index (χ4n) is 4.43. The molecule has 0 radical (unpaired) electrons. The van der Waals surface area contributed by atoms with Crippen LogP contribution in [0, 0.1) is 11.3 Å². The van der Waals surface area contributed by atoms with Crippen molar-refractivity contribution in [2.75, 3.05) is 12.4 Å². The zero-order valence-corrected chi connectivity index (χ0v) is 25.5. The van der Waals surface area contributed by atoms with Gasteiger partial charge in [0.05, 0.1) is 12.1 Å². The number of amides is 1. The zero-order valence-electron chi connectivity index (χ0n) is 23.1. The first-order valence-corrected chi connectivity index (χ1v) is 14.5. The fraction of sp³-hybridized carbons (Fsp3) is 0.0857. The van der Waals surface area contributed by atoms with Gasteiger partial charge in [-0.3, -0.25) is 4.79 Å². The molecule has 0 bridgehead atoms. The molecule has 5 aromatic carbocycles. The van der Waals surface area contributed by atoms with E-state index in [1.807, 2.05) is 72.8 Å². The summed E-state index contributed by atoms with van der Waals surface area (Å²) in [5.41, 5.74) is 2.98. The quantitative estimate of drug-likeness (QED) is 0.120. The van der Waals surface area contributed by atoms with Gasteiger partial charge in [0.2, 0.25) is 0 Å². The third-order valence-corrected chi connectivity index (χ3v) is 7.42. The van der Waals surface area contributed by atoms with E-state index in [1.165, 1.54) is 13.2 Å². The molecule has 5 aromatic rings. The number of carbonyl (C=O) groups excluding carboxylic acids is 1. The second-order valence-electron chi connectivity index (χ2n) is 9.52. The van der Waals surface area contributed by atoms with E-state index < -0.39 is 5.91 Å². The van der Waals surface area contributed by atoms with E-state index in [9.17, 15) is 10.1 Å². The minimum Gasteiger partial charge on any atom is -0.493 e. The Balaban J connectivity index is 1.25. The number of hydrogen-bond acceptors (Lipinski definition) is 5. The summed E-state index contributed by atoms with van der Waals surface area (Å²) in [5, 5.41) is 15.0. The van der Waals surface area contributed by atoms with Crippen molar-refractivity contribution in [2.24, 2.45) is 0 Å². The molecule has 8 heteroatoms. The Morgan fingerprint density at radius 2 is 1.67 bits per heavy atom. The van der Waals surface area contributed by atoms with Crippen molar-refractivity contribution in [3.8, 4) is 23.3 Å². The number of ether oxygens (including phenoxy) is 3. The second kappa shape index (κ2) is 13.9. The van der Waals surface area contributed by atoms with Crippen LogP contribution in [-0.4, -0.2) is 13.0 Å². The molecule has 214 valence electrons. The molecule has 0 fully saturated rings. The molecule has 0 aliphatic heterocycles. The average Bonchev–Trinajstić information content (AvgIpc) is 3.03. The number of rotatable bonds is 10. The van der Waals surface area contributed by atoms with Crippen molar-refractivity contribution in [1.29, 1.82) is 5.26 Å².